The number of fused-ring (bicyclic) bond motifs is 6. The molecule has 0 radical (unpaired) electrons. The number of aromatic nitrogens is 1. The van der Waals surface area contributed by atoms with Gasteiger partial charge in [-0.2, -0.15) is 0 Å². The summed E-state index contributed by atoms with van der Waals surface area (Å²) in [6.07, 6.45) is 10.5. The third-order valence-electron chi connectivity index (χ3n) is 10.5. The number of rotatable bonds is 4. The Hall–Kier alpha value is -7.34. The first-order valence-electron chi connectivity index (χ1n) is 18.9. The molecule has 0 fully saturated rings. The molecule has 5 aliphatic rings. The average Bonchev–Trinajstić information content (AvgIpc) is 4.12. The van der Waals surface area contributed by atoms with Crippen LogP contribution in [0.25, 0.3) is 27.6 Å². The van der Waals surface area contributed by atoms with Gasteiger partial charge in [-0.15, -0.1) is 10.7 Å². The molecule has 6 nitrogen and oxygen atoms in total. The third kappa shape index (κ3) is 6.10. The van der Waals surface area contributed by atoms with Crippen molar-refractivity contribution >= 4 is 45.1 Å². The quantitative estimate of drug-likeness (QED) is 0.167. The molecule has 0 saturated heterocycles. The fraction of sp³-hybridized carbons (Fsp3) is 0. The molecule has 8 bridgehead atoms. The van der Waals surface area contributed by atoms with E-state index in [1.807, 2.05) is 72.8 Å². The minimum Gasteiger partial charge on any atom is -0.657 e. The van der Waals surface area contributed by atoms with Crippen LogP contribution >= 0.6 is 0 Å². The molecule has 0 saturated carbocycles. The van der Waals surface area contributed by atoms with E-state index >= 15 is 0 Å². The molecule has 0 aliphatic carbocycles. The number of hydrogen-bond donors (Lipinski definition) is 0. The summed E-state index contributed by atoms with van der Waals surface area (Å²) in [6, 6.07) is 53.4. The predicted molar refractivity (Wildman–Crippen MR) is 229 cm³/mol. The molecule has 5 aliphatic heterocycles. The monoisotopic (exact) mass is 787 g/mol. The van der Waals surface area contributed by atoms with Crippen LogP contribution in [0.3, 0.4) is 0 Å². The summed E-state index contributed by atoms with van der Waals surface area (Å²) in [5.74, 6) is 1.19. The molecule has 6 heterocycles. The standard InChI is InChI=1S/C51H31N5O.Ni/c1-5-15-32(16-6-1)46-38-25-26-39(52-38)47(33-17-7-2-8-18-33)41-29-30-43(54-41)49(35-21-11-4-12-22-35)50-36(51-56-37-23-13-14-24-45(37)57-51)31-44(55-50)48(34-19-9-3-10-20-34)42-28-27-40(46)53-42;/h1-31H;/q-2;+2. The summed E-state index contributed by atoms with van der Waals surface area (Å²) in [5, 5.41) is 6.60. The van der Waals surface area contributed by atoms with Gasteiger partial charge in [-0.05, 0) is 69.8 Å². The van der Waals surface area contributed by atoms with Crippen LogP contribution in [-0.4, -0.2) is 17.1 Å². The summed E-state index contributed by atoms with van der Waals surface area (Å²) in [4.78, 5) is 21.8. The minimum absolute atomic E-state index is 0. The van der Waals surface area contributed by atoms with Crippen LogP contribution in [0.4, 0.5) is 5.69 Å². The number of benzene rings is 5. The van der Waals surface area contributed by atoms with E-state index < -0.39 is 0 Å². The zero-order valence-electron chi connectivity index (χ0n) is 30.9. The smallest absolute Gasteiger partial charge is 0.657 e. The van der Waals surface area contributed by atoms with E-state index in [9.17, 15) is 0 Å². The molecule has 276 valence electrons. The van der Waals surface area contributed by atoms with Gasteiger partial charge >= 0.3 is 16.5 Å². The molecule has 0 unspecified atom stereocenters. The van der Waals surface area contributed by atoms with Gasteiger partial charge in [-0.3, -0.25) is 0 Å². The molecule has 0 spiro atoms. The maximum atomic E-state index is 6.52. The molecule has 11 rings (SSSR count). The van der Waals surface area contributed by atoms with Crippen molar-refractivity contribution in [3.63, 3.8) is 0 Å². The second-order valence-electron chi connectivity index (χ2n) is 14.0. The Morgan fingerprint density at radius 3 is 1.52 bits per heavy atom. The number of aliphatic imine (C=N–C) groups is 3. The maximum Gasteiger partial charge on any atom is 2.00 e. The van der Waals surface area contributed by atoms with E-state index in [4.69, 9.17) is 30.0 Å². The maximum absolute atomic E-state index is 6.52. The van der Waals surface area contributed by atoms with Crippen molar-refractivity contribution in [3.8, 4) is 5.75 Å². The van der Waals surface area contributed by atoms with Gasteiger partial charge in [-0.25, -0.2) is 15.0 Å². The third-order valence-corrected chi connectivity index (χ3v) is 10.5. The van der Waals surface area contributed by atoms with Gasteiger partial charge in [0.05, 0.1) is 34.2 Å². The largest absolute Gasteiger partial charge is 2.00 e. The summed E-state index contributed by atoms with van der Waals surface area (Å²) < 4.78 is 6.52. The number of allylic oxidation sites excluding steroid dienone is 8. The van der Waals surface area contributed by atoms with Gasteiger partial charge in [0.2, 0.25) is 0 Å². The van der Waals surface area contributed by atoms with Crippen molar-refractivity contribution in [2.24, 2.45) is 15.0 Å². The van der Waals surface area contributed by atoms with Gasteiger partial charge < -0.3 is 15.0 Å². The molecule has 0 amide bonds. The van der Waals surface area contributed by atoms with Crippen molar-refractivity contribution in [3.05, 3.63) is 255 Å². The molecule has 6 aromatic rings. The molecule has 58 heavy (non-hydrogen) atoms. The van der Waals surface area contributed by atoms with Gasteiger partial charge in [0, 0.05) is 22.6 Å². The van der Waals surface area contributed by atoms with E-state index in [1.165, 1.54) is 0 Å². The van der Waals surface area contributed by atoms with Crippen LogP contribution in [0.2, 0.25) is 0 Å². The van der Waals surface area contributed by atoms with E-state index in [0.717, 1.165) is 95.0 Å². The molecule has 0 atom stereocenters. The van der Waals surface area contributed by atoms with Crippen LogP contribution in [0.1, 0.15) is 22.3 Å². The number of hydrogen-bond acceptors (Lipinski definition) is 4. The van der Waals surface area contributed by atoms with E-state index in [1.54, 1.807) is 0 Å². The second kappa shape index (κ2) is 14.6. The normalized spacial score (nSPS) is 17.7. The second-order valence-corrected chi connectivity index (χ2v) is 14.0. The molecule has 7 heteroatoms. The van der Waals surface area contributed by atoms with Crippen LogP contribution in [-0.2, 0) is 16.5 Å². The van der Waals surface area contributed by atoms with Crippen LogP contribution in [0.5, 0.6) is 5.75 Å². The Morgan fingerprint density at radius 1 is 0.431 bits per heavy atom. The Morgan fingerprint density at radius 2 is 0.914 bits per heavy atom. The summed E-state index contributed by atoms with van der Waals surface area (Å²) in [7, 11) is 0. The molecule has 0 N–H and O–H groups in total. The Kier molecular flexibility index (Phi) is 8.85. The Balaban J connectivity index is 0.00000408. The first-order chi connectivity index (χ1) is 28.2. The van der Waals surface area contributed by atoms with E-state index in [2.05, 4.69) is 115 Å². The number of para-hydroxylation sites is 2. The summed E-state index contributed by atoms with van der Waals surface area (Å²) >= 11 is 0. The zero-order chi connectivity index (χ0) is 37.7. The van der Waals surface area contributed by atoms with Crippen molar-refractivity contribution in [1.82, 2.24) is 4.98 Å². The fourth-order valence-electron chi connectivity index (χ4n) is 7.92. The van der Waals surface area contributed by atoms with Crippen LogP contribution in [0, 0.1) is 0 Å². The van der Waals surface area contributed by atoms with Crippen LogP contribution in [0.15, 0.2) is 232 Å². The number of ether oxygens (including phenoxy) is 1. The van der Waals surface area contributed by atoms with Crippen molar-refractivity contribution in [1.29, 1.82) is 0 Å². The first-order valence-corrected chi connectivity index (χ1v) is 18.9. The van der Waals surface area contributed by atoms with Crippen molar-refractivity contribution < 1.29 is 21.2 Å². The van der Waals surface area contributed by atoms with Gasteiger partial charge in [-0.1, -0.05) is 157 Å². The predicted octanol–water partition coefficient (Wildman–Crippen LogP) is 9.54. The molecule has 5 aromatic carbocycles. The van der Waals surface area contributed by atoms with Gasteiger partial charge in [0.25, 0.3) is 0 Å². The van der Waals surface area contributed by atoms with Gasteiger partial charge in [0.15, 0.2) is 0 Å². The Labute approximate surface area is 345 Å². The number of nitrogens with zero attached hydrogens (tertiary/aromatic N) is 5. The molecule has 1 aromatic heterocycles. The topological polar surface area (TPSA) is 74.5 Å². The summed E-state index contributed by atoms with van der Waals surface area (Å²) in [5.41, 5.74) is 13.9. The van der Waals surface area contributed by atoms with Gasteiger partial charge in [0.1, 0.15) is 5.75 Å². The summed E-state index contributed by atoms with van der Waals surface area (Å²) in [6.45, 7) is 0. The molecular formula is C51H31N5NiO. The van der Waals surface area contributed by atoms with E-state index in [-0.39, 0.29) is 16.5 Å². The van der Waals surface area contributed by atoms with Crippen LogP contribution < -0.4 is 20.4 Å². The molecular weight excluding hydrogens is 757 g/mol. The fourth-order valence-corrected chi connectivity index (χ4v) is 7.92. The minimum atomic E-state index is 0. The van der Waals surface area contributed by atoms with E-state index in [0.29, 0.717) is 17.3 Å². The van der Waals surface area contributed by atoms with Crippen molar-refractivity contribution in [2.75, 3.05) is 0 Å². The SMILES string of the molecule is C1=CC2=C(c3ccccc3)C3=CC(=C4[N-]c5ccccc5O4)C(=N3)C(c3ccccc3)=c3ccc([n-]3)=C(c3ccccc3)C3=NC(=C(c4ccccc4)C1=N2)C=C3.[Ni+2]. The van der Waals surface area contributed by atoms with Crippen molar-refractivity contribution in [2.45, 2.75) is 0 Å². The average molecular weight is 789 g/mol. The first kappa shape index (κ1) is 35.1. The zero-order valence-corrected chi connectivity index (χ0v) is 31.8. The Bertz CT molecular complexity index is 3040.